The van der Waals surface area contributed by atoms with E-state index in [1.165, 1.54) is 0 Å². The van der Waals surface area contributed by atoms with Crippen LogP contribution in [0.4, 0.5) is 4.79 Å². The molecule has 0 unspecified atom stereocenters. The maximum atomic E-state index is 12.2. The van der Waals surface area contributed by atoms with Crippen molar-refractivity contribution in [3.8, 4) is 0 Å². The zero-order valence-corrected chi connectivity index (χ0v) is 16.9. The van der Waals surface area contributed by atoms with Gasteiger partial charge in [-0.15, -0.1) is 0 Å². The largest absolute Gasteiger partial charge is 0.444 e. The highest BCUT2D eigenvalue weighted by Crippen LogP contribution is 2.25. The number of carbonyl (C=O) groups excluding carboxylic acids is 1. The number of alkyl carbamates (subject to hydrolysis) is 1. The second-order valence-electron chi connectivity index (χ2n) is 8.20. The third-order valence-corrected chi connectivity index (χ3v) is 4.52. The molecule has 0 aromatic rings. The van der Waals surface area contributed by atoms with E-state index in [1.54, 1.807) is 7.05 Å². The van der Waals surface area contributed by atoms with Gasteiger partial charge in [0.2, 0.25) is 0 Å². The van der Waals surface area contributed by atoms with Gasteiger partial charge in [-0.1, -0.05) is 20.8 Å². The van der Waals surface area contributed by atoms with Gasteiger partial charge < -0.3 is 25.4 Å². The minimum Gasteiger partial charge on any atom is -0.444 e. The van der Waals surface area contributed by atoms with Crippen molar-refractivity contribution in [3.63, 3.8) is 0 Å². The molecule has 1 aliphatic rings. The Labute approximate surface area is 152 Å². The van der Waals surface area contributed by atoms with E-state index in [2.05, 4.69) is 41.7 Å². The third-order valence-electron chi connectivity index (χ3n) is 4.52. The van der Waals surface area contributed by atoms with Crippen LogP contribution in [0, 0.1) is 5.41 Å². The molecule has 1 rings (SSSR count). The Bertz CT molecular complexity index is 463. The molecule has 3 N–H and O–H groups in total. The first-order valence-corrected chi connectivity index (χ1v) is 9.10. The SMILES string of the molecule is CCC(CC)(CNC(=NC)NCC1(C)COC1)NC(=O)OC(C)(C)C. The number of aliphatic imine (C=N–C) groups is 1. The Kier molecular flexibility index (Phi) is 7.53. The summed E-state index contributed by atoms with van der Waals surface area (Å²) in [6, 6.07) is 0. The summed E-state index contributed by atoms with van der Waals surface area (Å²) in [5.74, 6) is 0.727. The first-order chi connectivity index (χ1) is 11.6. The van der Waals surface area contributed by atoms with Crippen LogP contribution >= 0.6 is 0 Å². The van der Waals surface area contributed by atoms with Gasteiger partial charge in [0.15, 0.2) is 5.96 Å². The third kappa shape index (κ3) is 7.10. The van der Waals surface area contributed by atoms with Crippen molar-refractivity contribution < 1.29 is 14.3 Å². The van der Waals surface area contributed by atoms with Crippen molar-refractivity contribution in [3.05, 3.63) is 0 Å². The van der Waals surface area contributed by atoms with Crippen LogP contribution in [0.3, 0.4) is 0 Å². The van der Waals surface area contributed by atoms with Crippen LogP contribution in [-0.2, 0) is 9.47 Å². The average Bonchev–Trinajstić information content (AvgIpc) is 2.50. The molecule has 1 aliphatic heterocycles. The topological polar surface area (TPSA) is 84.0 Å². The van der Waals surface area contributed by atoms with Crippen molar-refractivity contribution >= 4 is 12.1 Å². The molecular formula is C18H36N4O3. The molecule has 0 aromatic carbocycles. The number of nitrogens with one attached hydrogen (secondary N) is 3. The number of amides is 1. The van der Waals surface area contributed by atoms with Gasteiger partial charge in [-0.2, -0.15) is 0 Å². The van der Waals surface area contributed by atoms with Crippen LogP contribution in [0.15, 0.2) is 4.99 Å². The van der Waals surface area contributed by atoms with E-state index in [9.17, 15) is 4.79 Å². The number of hydrogen-bond donors (Lipinski definition) is 3. The highest BCUT2D eigenvalue weighted by atomic mass is 16.6. The molecule has 146 valence electrons. The second kappa shape index (κ2) is 8.74. The molecule has 0 saturated carbocycles. The number of guanidine groups is 1. The molecule has 0 atom stereocenters. The molecule has 7 nitrogen and oxygen atoms in total. The van der Waals surface area contributed by atoms with E-state index in [0.29, 0.717) is 6.54 Å². The van der Waals surface area contributed by atoms with Gasteiger partial charge in [-0.05, 0) is 33.6 Å². The lowest BCUT2D eigenvalue weighted by Gasteiger charge is -2.39. The number of nitrogens with zero attached hydrogens (tertiary/aromatic N) is 1. The predicted octanol–water partition coefficient (Wildman–Crippen LogP) is 2.27. The second-order valence-corrected chi connectivity index (χ2v) is 8.20. The predicted molar refractivity (Wildman–Crippen MR) is 101 cm³/mol. The van der Waals surface area contributed by atoms with Crippen molar-refractivity contribution in [2.24, 2.45) is 10.4 Å². The fourth-order valence-corrected chi connectivity index (χ4v) is 2.56. The highest BCUT2D eigenvalue weighted by Gasteiger charge is 2.34. The molecule has 1 saturated heterocycles. The van der Waals surface area contributed by atoms with Gasteiger partial charge in [-0.25, -0.2) is 4.79 Å². The van der Waals surface area contributed by atoms with E-state index in [4.69, 9.17) is 9.47 Å². The monoisotopic (exact) mass is 356 g/mol. The van der Waals surface area contributed by atoms with Crippen LogP contribution in [0.5, 0.6) is 0 Å². The first kappa shape index (κ1) is 21.5. The van der Waals surface area contributed by atoms with Crippen molar-refractivity contribution in [1.82, 2.24) is 16.0 Å². The van der Waals surface area contributed by atoms with Gasteiger partial charge >= 0.3 is 6.09 Å². The number of rotatable bonds is 7. The molecular weight excluding hydrogens is 320 g/mol. The molecule has 25 heavy (non-hydrogen) atoms. The van der Waals surface area contributed by atoms with E-state index >= 15 is 0 Å². The summed E-state index contributed by atoms with van der Waals surface area (Å²) in [6.07, 6.45) is 1.19. The van der Waals surface area contributed by atoms with E-state index in [0.717, 1.165) is 38.6 Å². The molecule has 7 heteroatoms. The summed E-state index contributed by atoms with van der Waals surface area (Å²) in [6.45, 7) is 14.8. The van der Waals surface area contributed by atoms with Gasteiger partial charge in [0.25, 0.3) is 0 Å². The standard InChI is InChI=1S/C18H36N4O3/c1-8-18(9-2,22-15(23)25-16(3,4)5)11-21-14(19-7)20-10-17(6)12-24-13-17/h8-13H2,1-7H3,(H,22,23)(H2,19,20,21). The van der Waals surface area contributed by atoms with E-state index in [1.807, 2.05) is 20.8 Å². The molecule has 0 radical (unpaired) electrons. The highest BCUT2D eigenvalue weighted by molar-refractivity contribution is 5.80. The van der Waals surface area contributed by atoms with Crippen LogP contribution in [-0.4, -0.2) is 56.5 Å². The summed E-state index contributed by atoms with van der Waals surface area (Å²) in [7, 11) is 1.75. The maximum Gasteiger partial charge on any atom is 0.408 e. The Hall–Kier alpha value is -1.50. The lowest BCUT2D eigenvalue weighted by atomic mass is 9.89. The van der Waals surface area contributed by atoms with Crippen LogP contribution in [0.25, 0.3) is 0 Å². The Morgan fingerprint density at radius 2 is 1.80 bits per heavy atom. The normalized spacial score (nSPS) is 17.5. The van der Waals surface area contributed by atoms with Crippen LogP contribution < -0.4 is 16.0 Å². The summed E-state index contributed by atoms with van der Waals surface area (Å²) >= 11 is 0. The summed E-state index contributed by atoms with van der Waals surface area (Å²) in [5.41, 5.74) is -0.731. The zero-order valence-electron chi connectivity index (χ0n) is 16.9. The quantitative estimate of drug-likeness (QED) is 0.481. The molecule has 1 heterocycles. The number of carbonyl (C=O) groups is 1. The van der Waals surface area contributed by atoms with Gasteiger partial charge in [-0.3, -0.25) is 4.99 Å². The molecule has 1 amide bonds. The number of ether oxygens (including phenoxy) is 2. The van der Waals surface area contributed by atoms with Crippen LogP contribution in [0.1, 0.15) is 54.4 Å². The summed E-state index contributed by atoms with van der Waals surface area (Å²) < 4.78 is 10.7. The average molecular weight is 357 g/mol. The van der Waals surface area contributed by atoms with E-state index < -0.39 is 5.60 Å². The minimum absolute atomic E-state index is 0.166. The Morgan fingerprint density at radius 1 is 1.20 bits per heavy atom. The summed E-state index contributed by atoms with van der Waals surface area (Å²) in [5, 5.41) is 9.70. The van der Waals surface area contributed by atoms with Gasteiger partial charge in [0.1, 0.15) is 5.60 Å². The zero-order chi connectivity index (χ0) is 19.1. The lowest BCUT2D eigenvalue weighted by molar-refractivity contribution is -0.0971. The Balaban J connectivity index is 2.58. The van der Waals surface area contributed by atoms with Crippen molar-refractivity contribution in [2.45, 2.75) is 65.5 Å². The van der Waals surface area contributed by atoms with Crippen molar-refractivity contribution in [2.75, 3.05) is 33.4 Å². The van der Waals surface area contributed by atoms with Gasteiger partial charge in [0.05, 0.1) is 18.8 Å². The number of hydrogen-bond acceptors (Lipinski definition) is 4. The van der Waals surface area contributed by atoms with Crippen molar-refractivity contribution in [1.29, 1.82) is 0 Å². The molecule has 0 aliphatic carbocycles. The Morgan fingerprint density at radius 3 is 2.20 bits per heavy atom. The minimum atomic E-state index is -0.511. The van der Waals surface area contributed by atoms with Gasteiger partial charge in [0, 0.05) is 25.6 Å². The summed E-state index contributed by atoms with van der Waals surface area (Å²) in [4.78, 5) is 16.5. The molecule has 0 spiro atoms. The van der Waals surface area contributed by atoms with Crippen LogP contribution in [0.2, 0.25) is 0 Å². The molecule has 0 bridgehead atoms. The fourth-order valence-electron chi connectivity index (χ4n) is 2.56. The lowest BCUT2D eigenvalue weighted by Crippen LogP contribution is -2.58. The van der Waals surface area contributed by atoms with E-state index in [-0.39, 0.29) is 17.0 Å². The maximum absolute atomic E-state index is 12.2. The fraction of sp³-hybridized carbons (Fsp3) is 0.889. The first-order valence-electron chi connectivity index (χ1n) is 9.10. The molecule has 1 fully saturated rings. The smallest absolute Gasteiger partial charge is 0.408 e. The molecule has 0 aromatic heterocycles.